The summed E-state index contributed by atoms with van der Waals surface area (Å²) in [6, 6.07) is 0. The molecule has 0 saturated heterocycles. The highest BCUT2D eigenvalue weighted by Gasteiger charge is 2.14. The fourth-order valence-corrected chi connectivity index (χ4v) is 1.98. The minimum Gasteiger partial charge on any atom is -0.447 e. The van der Waals surface area contributed by atoms with E-state index in [0.717, 1.165) is 14.2 Å². The molecule has 12 heteroatoms. The van der Waals surface area contributed by atoms with E-state index in [1.807, 2.05) is 0 Å². The van der Waals surface area contributed by atoms with E-state index in [4.69, 9.17) is 0 Å². The second kappa shape index (κ2) is 10.5. The van der Waals surface area contributed by atoms with Gasteiger partial charge in [-0.1, -0.05) is 6.42 Å². The van der Waals surface area contributed by atoms with Crippen molar-refractivity contribution in [2.24, 2.45) is 0 Å². The van der Waals surface area contributed by atoms with Crippen molar-refractivity contribution in [2.45, 2.75) is 32.1 Å². The van der Waals surface area contributed by atoms with E-state index >= 15 is 0 Å². The molecule has 0 aliphatic carbocycles. The molecule has 0 radical (unpaired) electrons. The molecule has 0 bridgehead atoms. The zero-order valence-corrected chi connectivity index (χ0v) is 14.5. The van der Waals surface area contributed by atoms with Crippen LogP contribution in [0.5, 0.6) is 0 Å². The molecule has 0 amide bonds. The number of rotatable bonds is 12. The van der Waals surface area contributed by atoms with Gasteiger partial charge in [0.05, 0.1) is 14.2 Å². The Balaban J connectivity index is 3.73. The van der Waals surface area contributed by atoms with Crippen LogP contribution in [-0.4, -0.2) is 54.9 Å². The van der Waals surface area contributed by atoms with Crippen molar-refractivity contribution in [1.82, 2.24) is 0 Å². The molecular weight excluding hydrogens is 356 g/mol. The molecular formula is C11H20O10S2. The first-order valence-corrected chi connectivity index (χ1v) is 9.65. The van der Waals surface area contributed by atoms with Crippen molar-refractivity contribution in [3.8, 4) is 0 Å². The van der Waals surface area contributed by atoms with Crippen LogP contribution in [0.25, 0.3) is 0 Å². The molecule has 0 heterocycles. The molecule has 0 aliphatic heterocycles. The highest BCUT2D eigenvalue weighted by molar-refractivity contribution is 7.86. The largest absolute Gasteiger partial charge is 0.447 e. The molecule has 0 aromatic carbocycles. The van der Waals surface area contributed by atoms with E-state index in [0.29, 0.717) is 19.3 Å². The summed E-state index contributed by atoms with van der Waals surface area (Å²) in [5, 5.41) is 0. The minimum atomic E-state index is -3.85. The molecule has 136 valence electrons. The van der Waals surface area contributed by atoms with Crippen molar-refractivity contribution >= 4 is 32.2 Å². The van der Waals surface area contributed by atoms with Gasteiger partial charge in [-0.2, -0.15) is 16.8 Å². The third-order valence-corrected chi connectivity index (χ3v) is 4.33. The van der Waals surface area contributed by atoms with Gasteiger partial charge in [-0.05, 0) is 12.8 Å². The molecule has 0 aliphatic rings. The molecule has 0 atom stereocenters. The quantitative estimate of drug-likeness (QED) is 0.257. The summed E-state index contributed by atoms with van der Waals surface area (Å²) < 4.78 is 60.8. The number of hydrogen-bond donors (Lipinski definition) is 0. The molecule has 0 aromatic heterocycles. The Kier molecular flexibility index (Phi) is 9.95. The average Bonchev–Trinajstić information content (AvgIpc) is 2.51. The first-order valence-electron chi connectivity index (χ1n) is 6.49. The molecule has 0 aromatic rings. The normalized spacial score (nSPS) is 11.9. The predicted molar refractivity (Wildman–Crippen MR) is 76.9 cm³/mol. The first-order chi connectivity index (χ1) is 10.6. The zero-order chi connectivity index (χ0) is 17.9. The third kappa shape index (κ3) is 11.9. The Morgan fingerprint density at radius 1 is 0.696 bits per heavy atom. The van der Waals surface area contributed by atoms with Crippen molar-refractivity contribution in [2.75, 3.05) is 26.1 Å². The Labute approximate surface area is 135 Å². The van der Waals surface area contributed by atoms with E-state index in [-0.39, 0.29) is 12.8 Å². The summed E-state index contributed by atoms with van der Waals surface area (Å²) in [4.78, 5) is 22.5. The van der Waals surface area contributed by atoms with Crippen LogP contribution in [0.1, 0.15) is 32.1 Å². The number of carbonyl (C=O) groups is 2. The van der Waals surface area contributed by atoms with E-state index in [2.05, 4.69) is 17.8 Å². The Bertz CT molecular complexity index is 526. The Hall–Kier alpha value is -1.24. The van der Waals surface area contributed by atoms with Crippen LogP contribution in [0, 0.1) is 0 Å². The zero-order valence-electron chi connectivity index (χ0n) is 12.8. The molecule has 0 N–H and O–H groups in total. The molecule has 0 fully saturated rings. The third-order valence-electron chi connectivity index (χ3n) is 2.50. The van der Waals surface area contributed by atoms with Crippen LogP contribution < -0.4 is 0 Å². The summed E-state index contributed by atoms with van der Waals surface area (Å²) in [7, 11) is -5.77. The first kappa shape index (κ1) is 21.8. The molecule has 23 heavy (non-hydrogen) atoms. The fourth-order valence-electron chi connectivity index (χ4n) is 1.23. The van der Waals surface area contributed by atoms with Gasteiger partial charge < -0.3 is 9.47 Å². The highest BCUT2D eigenvalue weighted by Crippen LogP contribution is 2.06. The molecule has 0 saturated carbocycles. The highest BCUT2D eigenvalue weighted by atomic mass is 32.2. The fraction of sp³-hybridized carbons (Fsp3) is 0.818. The van der Waals surface area contributed by atoms with Crippen molar-refractivity contribution < 1.29 is 44.3 Å². The van der Waals surface area contributed by atoms with Crippen LogP contribution in [-0.2, 0) is 47.7 Å². The van der Waals surface area contributed by atoms with Crippen LogP contribution >= 0.6 is 0 Å². The Morgan fingerprint density at radius 3 is 1.35 bits per heavy atom. The van der Waals surface area contributed by atoms with Crippen molar-refractivity contribution in [3.63, 3.8) is 0 Å². The van der Waals surface area contributed by atoms with E-state index in [9.17, 15) is 26.4 Å². The van der Waals surface area contributed by atoms with Gasteiger partial charge in [0, 0.05) is 12.8 Å². The lowest BCUT2D eigenvalue weighted by Crippen LogP contribution is -2.15. The number of hydrogen-bond acceptors (Lipinski definition) is 10. The summed E-state index contributed by atoms with van der Waals surface area (Å²) in [6.45, 7) is 0. The van der Waals surface area contributed by atoms with Crippen molar-refractivity contribution in [1.29, 1.82) is 0 Å². The maximum absolute atomic E-state index is 11.2. The maximum Gasteiger partial charge on any atom is 0.306 e. The van der Waals surface area contributed by atoms with Crippen LogP contribution in [0.4, 0.5) is 0 Å². The molecule has 0 spiro atoms. The second-order valence-electron chi connectivity index (χ2n) is 4.28. The molecule has 0 unspecified atom stereocenters. The van der Waals surface area contributed by atoms with Gasteiger partial charge in [-0.25, -0.2) is 0 Å². The average molecular weight is 376 g/mol. The summed E-state index contributed by atoms with van der Waals surface area (Å²) in [5.41, 5.74) is 0. The standard InChI is InChI=1S/C11H20O10S2/c1-18-22(14,15)8-20-10(12)6-4-3-5-7-11(13)21-9-23(16,17)19-2/h3-9H2,1-2H3. The number of ether oxygens (including phenoxy) is 2. The van der Waals surface area contributed by atoms with E-state index < -0.39 is 44.1 Å². The van der Waals surface area contributed by atoms with Gasteiger partial charge in [0.1, 0.15) is 0 Å². The van der Waals surface area contributed by atoms with Crippen LogP contribution in [0.3, 0.4) is 0 Å². The van der Waals surface area contributed by atoms with Gasteiger partial charge in [0.15, 0.2) is 0 Å². The Morgan fingerprint density at radius 2 is 1.04 bits per heavy atom. The summed E-state index contributed by atoms with van der Waals surface area (Å²) >= 11 is 0. The smallest absolute Gasteiger partial charge is 0.306 e. The van der Waals surface area contributed by atoms with Crippen molar-refractivity contribution in [3.05, 3.63) is 0 Å². The SMILES string of the molecule is COS(=O)(=O)COC(=O)CCCCCC(=O)OCS(=O)(=O)OC. The van der Waals surface area contributed by atoms with Crippen LogP contribution in [0.2, 0.25) is 0 Å². The topological polar surface area (TPSA) is 139 Å². The summed E-state index contributed by atoms with van der Waals surface area (Å²) in [5.74, 6) is -3.08. The van der Waals surface area contributed by atoms with Gasteiger partial charge in [-0.15, -0.1) is 0 Å². The molecule has 0 rings (SSSR count). The van der Waals surface area contributed by atoms with Gasteiger partial charge in [0.25, 0.3) is 0 Å². The minimum absolute atomic E-state index is 0.00760. The van der Waals surface area contributed by atoms with Gasteiger partial charge >= 0.3 is 32.2 Å². The summed E-state index contributed by atoms with van der Waals surface area (Å²) in [6.07, 6.45) is 1.24. The number of unbranched alkanes of at least 4 members (excludes halogenated alkanes) is 2. The molecule has 10 nitrogen and oxygen atoms in total. The van der Waals surface area contributed by atoms with E-state index in [1.165, 1.54) is 0 Å². The lowest BCUT2D eigenvalue weighted by Gasteiger charge is -2.05. The van der Waals surface area contributed by atoms with E-state index in [1.54, 1.807) is 0 Å². The second-order valence-corrected chi connectivity index (χ2v) is 7.65. The number of esters is 2. The lowest BCUT2D eigenvalue weighted by atomic mass is 10.1. The maximum atomic E-state index is 11.2. The van der Waals surface area contributed by atoms with Crippen LogP contribution in [0.15, 0.2) is 0 Å². The lowest BCUT2D eigenvalue weighted by molar-refractivity contribution is -0.142. The number of carbonyl (C=O) groups excluding carboxylic acids is 2. The predicted octanol–water partition coefficient (Wildman–Crippen LogP) is -0.109. The monoisotopic (exact) mass is 376 g/mol. The van der Waals surface area contributed by atoms with Gasteiger partial charge in [-0.3, -0.25) is 18.0 Å². The van der Waals surface area contributed by atoms with Gasteiger partial charge in [0.2, 0.25) is 11.9 Å².